The molecule has 6 nitrogen and oxygen atoms in total. The van der Waals surface area contributed by atoms with Crippen molar-refractivity contribution in [2.75, 3.05) is 0 Å². The highest BCUT2D eigenvalue weighted by Gasteiger charge is 2.33. The molecule has 0 N–H and O–H groups in total. The predicted molar refractivity (Wildman–Crippen MR) is 48.4 cm³/mol. The van der Waals surface area contributed by atoms with E-state index in [-0.39, 0.29) is 11.6 Å². The molecule has 0 amide bonds. The fraction of sp³-hybridized carbons (Fsp3) is 0.250. The molecular formula is C8H5F3N6. The van der Waals surface area contributed by atoms with E-state index in [1.165, 1.54) is 0 Å². The third-order valence-corrected chi connectivity index (χ3v) is 1.72. The van der Waals surface area contributed by atoms with Gasteiger partial charge in [0.2, 0.25) is 11.6 Å². The molecule has 88 valence electrons. The first-order chi connectivity index (χ1) is 7.97. The number of aryl methyl sites for hydroxylation is 1. The van der Waals surface area contributed by atoms with Crippen LogP contribution in [0.3, 0.4) is 0 Å². The molecule has 9 heteroatoms. The van der Waals surface area contributed by atoms with Gasteiger partial charge in [-0.25, -0.2) is 9.97 Å². The van der Waals surface area contributed by atoms with Crippen LogP contribution >= 0.6 is 0 Å². The van der Waals surface area contributed by atoms with E-state index in [1.54, 1.807) is 6.92 Å². The Bertz CT molecular complexity index is 524. The highest BCUT2D eigenvalue weighted by molar-refractivity contribution is 5.40. The lowest BCUT2D eigenvalue weighted by Crippen LogP contribution is -2.10. The molecule has 0 atom stereocenters. The Hall–Kier alpha value is -2.19. The number of nitrogens with zero attached hydrogens (tertiary/aromatic N) is 6. The maximum atomic E-state index is 12.4. The summed E-state index contributed by atoms with van der Waals surface area (Å²) in [5, 5.41) is 14.2. The van der Waals surface area contributed by atoms with Crippen molar-refractivity contribution >= 4 is 0 Å². The van der Waals surface area contributed by atoms with Crippen LogP contribution in [0.4, 0.5) is 13.2 Å². The van der Waals surface area contributed by atoms with Crippen molar-refractivity contribution in [3.05, 3.63) is 23.8 Å². The quantitative estimate of drug-likeness (QED) is 0.743. The first-order valence-electron chi connectivity index (χ1n) is 4.41. The van der Waals surface area contributed by atoms with E-state index in [0.29, 0.717) is 5.82 Å². The van der Waals surface area contributed by atoms with Crippen LogP contribution in [0.1, 0.15) is 11.5 Å². The Morgan fingerprint density at radius 1 is 1.00 bits per heavy atom. The monoisotopic (exact) mass is 242 g/mol. The van der Waals surface area contributed by atoms with Gasteiger partial charge in [-0.2, -0.15) is 13.2 Å². The van der Waals surface area contributed by atoms with E-state index in [1.807, 2.05) is 0 Å². The maximum absolute atomic E-state index is 12.4. The van der Waals surface area contributed by atoms with Crippen LogP contribution in [-0.4, -0.2) is 30.4 Å². The summed E-state index contributed by atoms with van der Waals surface area (Å²) in [5.74, 6) is -0.109. The van der Waals surface area contributed by atoms with Crippen molar-refractivity contribution in [2.24, 2.45) is 0 Å². The molecule has 2 aromatic rings. The molecule has 0 spiro atoms. The minimum Gasteiger partial charge on any atom is -0.234 e. The van der Waals surface area contributed by atoms with Gasteiger partial charge in [0.25, 0.3) is 0 Å². The Morgan fingerprint density at radius 2 is 1.65 bits per heavy atom. The molecule has 17 heavy (non-hydrogen) atoms. The van der Waals surface area contributed by atoms with Gasteiger partial charge in [0, 0.05) is 6.20 Å². The summed E-state index contributed by atoms with van der Waals surface area (Å²) in [6.07, 6.45) is -3.56. The SMILES string of the molecule is Cc1nnc(-c2nccc(C(F)(F)F)n2)nn1. The molecule has 0 bridgehead atoms. The molecule has 0 saturated heterocycles. The van der Waals surface area contributed by atoms with Crippen LogP contribution in [0.15, 0.2) is 12.3 Å². The van der Waals surface area contributed by atoms with E-state index >= 15 is 0 Å². The second-order valence-electron chi connectivity index (χ2n) is 3.03. The molecule has 0 radical (unpaired) electrons. The molecule has 2 aromatic heterocycles. The second-order valence-corrected chi connectivity index (χ2v) is 3.03. The lowest BCUT2D eigenvalue weighted by atomic mass is 10.4. The molecule has 0 aliphatic rings. The number of halogens is 3. The van der Waals surface area contributed by atoms with E-state index in [0.717, 1.165) is 12.3 Å². The average Bonchev–Trinajstić information content (AvgIpc) is 2.29. The van der Waals surface area contributed by atoms with Crippen LogP contribution in [0.5, 0.6) is 0 Å². The zero-order chi connectivity index (χ0) is 12.5. The summed E-state index contributed by atoms with van der Waals surface area (Å²) in [4.78, 5) is 6.94. The summed E-state index contributed by atoms with van der Waals surface area (Å²) in [7, 11) is 0. The zero-order valence-corrected chi connectivity index (χ0v) is 8.47. The van der Waals surface area contributed by atoms with Gasteiger partial charge in [0.1, 0.15) is 5.69 Å². The Balaban J connectivity index is 2.43. The van der Waals surface area contributed by atoms with Gasteiger partial charge in [-0.05, 0) is 13.0 Å². The second kappa shape index (κ2) is 4.00. The topological polar surface area (TPSA) is 77.3 Å². The average molecular weight is 242 g/mol. The maximum Gasteiger partial charge on any atom is 0.433 e. The van der Waals surface area contributed by atoms with E-state index in [9.17, 15) is 13.2 Å². The van der Waals surface area contributed by atoms with Crippen molar-refractivity contribution in [1.82, 2.24) is 30.4 Å². The van der Waals surface area contributed by atoms with Crippen molar-refractivity contribution in [1.29, 1.82) is 0 Å². The predicted octanol–water partition coefficient (Wildman–Crippen LogP) is 1.05. The third kappa shape index (κ3) is 2.49. The lowest BCUT2D eigenvalue weighted by Gasteiger charge is -2.05. The summed E-state index contributed by atoms with van der Waals surface area (Å²) in [6.45, 7) is 1.55. The van der Waals surface area contributed by atoms with Crippen LogP contribution in [0.2, 0.25) is 0 Å². The van der Waals surface area contributed by atoms with Crippen molar-refractivity contribution in [2.45, 2.75) is 13.1 Å². The molecule has 0 aliphatic heterocycles. The van der Waals surface area contributed by atoms with Gasteiger partial charge in [0.05, 0.1) is 0 Å². The largest absolute Gasteiger partial charge is 0.433 e. The van der Waals surface area contributed by atoms with Crippen molar-refractivity contribution < 1.29 is 13.2 Å². The van der Waals surface area contributed by atoms with E-state index in [2.05, 4.69) is 30.4 Å². The molecule has 0 unspecified atom stereocenters. The van der Waals surface area contributed by atoms with Crippen LogP contribution in [0.25, 0.3) is 11.6 Å². The minimum absolute atomic E-state index is 0.151. The number of rotatable bonds is 1. The van der Waals surface area contributed by atoms with Gasteiger partial charge in [-0.3, -0.25) is 0 Å². The third-order valence-electron chi connectivity index (χ3n) is 1.72. The van der Waals surface area contributed by atoms with Gasteiger partial charge in [-0.1, -0.05) is 0 Å². The zero-order valence-electron chi connectivity index (χ0n) is 8.47. The Morgan fingerprint density at radius 3 is 2.24 bits per heavy atom. The fourth-order valence-corrected chi connectivity index (χ4v) is 0.993. The molecule has 0 aliphatic carbocycles. The molecular weight excluding hydrogens is 237 g/mol. The number of alkyl halides is 3. The highest BCUT2D eigenvalue weighted by atomic mass is 19.4. The summed E-state index contributed by atoms with van der Waals surface area (Å²) < 4.78 is 37.2. The number of hydrogen-bond acceptors (Lipinski definition) is 6. The lowest BCUT2D eigenvalue weighted by molar-refractivity contribution is -0.141. The highest BCUT2D eigenvalue weighted by Crippen LogP contribution is 2.27. The number of aromatic nitrogens is 6. The molecule has 2 heterocycles. The van der Waals surface area contributed by atoms with Crippen molar-refractivity contribution in [3.63, 3.8) is 0 Å². The fourth-order valence-electron chi connectivity index (χ4n) is 0.993. The van der Waals surface area contributed by atoms with Gasteiger partial charge < -0.3 is 0 Å². The summed E-state index contributed by atoms with van der Waals surface area (Å²) in [6, 6.07) is 0.762. The van der Waals surface area contributed by atoms with E-state index < -0.39 is 11.9 Å². The number of hydrogen-bond donors (Lipinski definition) is 0. The molecule has 0 saturated carbocycles. The molecule has 0 aromatic carbocycles. The molecule has 2 rings (SSSR count). The van der Waals surface area contributed by atoms with Crippen molar-refractivity contribution in [3.8, 4) is 11.6 Å². The van der Waals surface area contributed by atoms with Gasteiger partial charge in [0.15, 0.2) is 5.82 Å². The van der Waals surface area contributed by atoms with Gasteiger partial charge in [-0.15, -0.1) is 20.4 Å². The van der Waals surface area contributed by atoms with E-state index in [4.69, 9.17) is 0 Å². The van der Waals surface area contributed by atoms with Gasteiger partial charge >= 0.3 is 6.18 Å². The standard InChI is InChI=1S/C8H5F3N6/c1-4-14-16-7(17-15-4)6-12-3-2-5(13-6)8(9,10)11/h2-3H,1H3. The smallest absolute Gasteiger partial charge is 0.234 e. The van der Waals surface area contributed by atoms with Crippen LogP contribution < -0.4 is 0 Å². The minimum atomic E-state index is -4.54. The summed E-state index contributed by atoms with van der Waals surface area (Å²) >= 11 is 0. The Kier molecular flexibility index (Phi) is 2.66. The first kappa shape index (κ1) is 11.3. The summed E-state index contributed by atoms with van der Waals surface area (Å²) in [5.41, 5.74) is -1.06. The molecule has 0 fully saturated rings. The normalized spacial score (nSPS) is 11.5. The Labute approximate surface area is 93.0 Å². The first-order valence-corrected chi connectivity index (χ1v) is 4.41. The van der Waals surface area contributed by atoms with Crippen LogP contribution in [-0.2, 0) is 6.18 Å². The van der Waals surface area contributed by atoms with Crippen LogP contribution in [0, 0.1) is 6.92 Å².